The van der Waals surface area contributed by atoms with E-state index in [1.54, 1.807) is 19.2 Å². The Morgan fingerprint density at radius 3 is 2.30 bits per heavy atom. The first-order valence-corrected chi connectivity index (χ1v) is 12.5. The minimum Gasteiger partial charge on any atom is -0.478 e. The largest absolute Gasteiger partial charge is 0.478 e. The number of rotatable bonds is 12. The predicted molar refractivity (Wildman–Crippen MR) is 144 cm³/mol. The third kappa shape index (κ3) is 6.87. The Bertz CT molecular complexity index is 1310. The van der Waals surface area contributed by atoms with Crippen molar-refractivity contribution in [1.82, 2.24) is 14.3 Å². The van der Waals surface area contributed by atoms with Crippen LogP contribution in [0.25, 0.3) is 0 Å². The summed E-state index contributed by atoms with van der Waals surface area (Å²) in [5, 5.41) is 13.6. The molecular formula is C28H36N4O5. The number of hydrogen-bond acceptors (Lipinski definition) is 6. The number of ether oxygens (including phenoxy) is 1. The summed E-state index contributed by atoms with van der Waals surface area (Å²) in [7, 11) is 3.00. The topological polar surface area (TPSA) is 107 Å². The van der Waals surface area contributed by atoms with Crippen molar-refractivity contribution in [2.75, 3.05) is 18.0 Å². The van der Waals surface area contributed by atoms with E-state index in [2.05, 4.69) is 24.2 Å². The van der Waals surface area contributed by atoms with Crippen LogP contribution in [0, 0.1) is 0 Å². The van der Waals surface area contributed by atoms with Gasteiger partial charge in [0, 0.05) is 27.2 Å². The molecule has 0 fully saturated rings. The summed E-state index contributed by atoms with van der Waals surface area (Å²) in [4.78, 5) is 38.5. The van der Waals surface area contributed by atoms with E-state index < -0.39 is 22.8 Å². The molecule has 0 bridgehead atoms. The van der Waals surface area contributed by atoms with Crippen LogP contribution in [-0.4, -0.2) is 44.1 Å². The van der Waals surface area contributed by atoms with Crippen molar-refractivity contribution in [3.8, 4) is 5.75 Å². The van der Waals surface area contributed by atoms with E-state index in [0.29, 0.717) is 31.2 Å². The van der Waals surface area contributed by atoms with Gasteiger partial charge in [-0.15, -0.1) is 5.10 Å². The highest BCUT2D eigenvalue weighted by Gasteiger charge is 2.29. The minimum absolute atomic E-state index is 0.246. The Hall–Kier alpha value is -3.88. The van der Waals surface area contributed by atoms with Crippen LogP contribution in [0.1, 0.15) is 50.7 Å². The van der Waals surface area contributed by atoms with Crippen LogP contribution in [0.2, 0.25) is 0 Å². The highest BCUT2D eigenvalue weighted by molar-refractivity contribution is 5.76. The highest BCUT2D eigenvalue weighted by Crippen LogP contribution is 2.24. The molecule has 3 rings (SSSR count). The molecule has 2 aromatic carbocycles. The lowest BCUT2D eigenvalue weighted by molar-refractivity contribution is -0.152. The van der Waals surface area contributed by atoms with E-state index in [-0.39, 0.29) is 5.82 Å². The number of aromatic nitrogens is 3. The number of anilines is 1. The zero-order valence-electron chi connectivity index (χ0n) is 22.2. The second-order valence-electron chi connectivity index (χ2n) is 9.70. The van der Waals surface area contributed by atoms with Gasteiger partial charge in [-0.1, -0.05) is 49.4 Å². The van der Waals surface area contributed by atoms with Gasteiger partial charge in [0.05, 0.1) is 0 Å². The molecule has 0 saturated carbocycles. The molecule has 198 valence electrons. The fraction of sp³-hybridized carbons (Fsp3) is 0.429. The summed E-state index contributed by atoms with van der Waals surface area (Å²) in [6, 6.07) is 17.6. The third-order valence-electron chi connectivity index (χ3n) is 6.60. The molecule has 9 nitrogen and oxygen atoms in total. The number of carbonyl (C=O) groups is 1. The molecule has 0 radical (unpaired) electrons. The molecule has 1 unspecified atom stereocenters. The van der Waals surface area contributed by atoms with Gasteiger partial charge in [-0.25, -0.2) is 14.3 Å². The van der Waals surface area contributed by atoms with Crippen LogP contribution >= 0.6 is 0 Å². The Labute approximate surface area is 216 Å². The van der Waals surface area contributed by atoms with Gasteiger partial charge >= 0.3 is 11.7 Å². The molecule has 9 heteroatoms. The van der Waals surface area contributed by atoms with Crippen LogP contribution < -0.4 is 20.9 Å². The zero-order chi connectivity index (χ0) is 27.2. The van der Waals surface area contributed by atoms with E-state index >= 15 is 0 Å². The molecule has 0 aliphatic rings. The maximum Gasteiger partial charge on any atom is 0.347 e. The second-order valence-corrected chi connectivity index (χ2v) is 9.70. The maximum absolute atomic E-state index is 13.0. The van der Waals surface area contributed by atoms with E-state index in [0.717, 1.165) is 23.0 Å². The molecule has 1 heterocycles. The summed E-state index contributed by atoms with van der Waals surface area (Å²) in [5.74, 6) is -0.000484. The van der Waals surface area contributed by atoms with Crippen molar-refractivity contribution >= 4 is 11.8 Å². The molecule has 1 aromatic heterocycles. The number of benzene rings is 2. The molecule has 0 amide bonds. The van der Waals surface area contributed by atoms with E-state index in [1.165, 1.54) is 31.1 Å². The predicted octanol–water partition coefficient (Wildman–Crippen LogP) is 3.35. The SMILES string of the molecule is CCC(CCN(CCc1ccc(OC(C)(C)C(=O)O)cc1)c1nn(C)c(=O)n(C)c1=O)c1ccccc1. The number of carboxylic acid groups (broad SMARTS) is 1. The molecule has 37 heavy (non-hydrogen) atoms. The monoisotopic (exact) mass is 508 g/mol. The minimum atomic E-state index is -1.33. The first kappa shape index (κ1) is 27.7. The Morgan fingerprint density at radius 1 is 1.05 bits per heavy atom. The Morgan fingerprint density at radius 2 is 1.70 bits per heavy atom. The van der Waals surface area contributed by atoms with Crippen LogP contribution in [0.5, 0.6) is 5.75 Å². The van der Waals surface area contributed by atoms with E-state index in [1.807, 2.05) is 35.2 Å². The lowest BCUT2D eigenvalue weighted by Gasteiger charge is -2.26. The van der Waals surface area contributed by atoms with Gasteiger partial charge in [0.2, 0.25) is 5.82 Å². The normalized spacial score (nSPS) is 12.2. The van der Waals surface area contributed by atoms with Gasteiger partial charge in [0.25, 0.3) is 5.56 Å². The molecule has 0 aliphatic heterocycles. The summed E-state index contributed by atoms with van der Waals surface area (Å²) in [5.41, 5.74) is 0.0372. The average molecular weight is 509 g/mol. The fourth-order valence-corrected chi connectivity index (χ4v) is 4.17. The number of hydrogen-bond donors (Lipinski definition) is 1. The lowest BCUT2D eigenvalue weighted by atomic mass is 9.93. The van der Waals surface area contributed by atoms with Crippen molar-refractivity contribution in [2.24, 2.45) is 14.1 Å². The van der Waals surface area contributed by atoms with Gasteiger partial charge in [-0.2, -0.15) is 0 Å². The standard InChI is InChI=1S/C28H36N4O5/c1-6-21(22-10-8-7-9-11-22)17-19-32(24-25(33)30(4)27(36)31(5)29-24)18-16-20-12-14-23(15-13-20)37-28(2,3)26(34)35/h7-15,21H,6,16-19H2,1-5H3,(H,34,35). The molecule has 0 spiro atoms. The van der Waals surface area contributed by atoms with Crippen LogP contribution in [-0.2, 0) is 25.3 Å². The summed E-state index contributed by atoms with van der Waals surface area (Å²) < 4.78 is 7.86. The maximum atomic E-state index is 13.0. The molecular weight excluding hydrogens is 472 g/mol. The molecule has 0 saturated heterocycles. The van der Waals surface area contributed by atoms with E-state index in [4.69, 9.17) is 4.74 Å². The van der Waals surface area contributed by atoms with Crippen LogP contribution in [0.15, 0.2) is 64.2 Å². The number of aliphatic carboxylic acids is 1. The lowest BCUT2D eigenvalue weighted by Crippen LogP contribution is -2.44. The number of nitrogens with zero attached hydrogens (tertiary/aromatic N) is 4. The summed E-state index contributed by atoms with van der Waals surface area (Å²) in [6.07, 6.45) is 2.41. The van der Waals surface area contributed by atoms with Crippen LogP contribution in [0.3, 0.4) is 0 Å². The van der Waals surface area contributed by atoms with E-state index in [9.17, 15) is 19.5 Å². The van der Waals surface area contributed by atoms with Crippen molar-refractivity contribution in [1.29, 1.82) is 0 Å². The Balaban J connectivity index is 1.81. The van der Waals surface area contributed by atoms with Crippen molar-refractivity contribution in [2.45, 2.75) is 51.6 Å². The van der Waals surface area contributed by atoms with Gasteiger partial charge in [0.15, 0.2) is 5.60 Å². The van der Waals surface area contributed by atoms with Gasteiger partial charge in [-0.05, 0) is 62.3 Å². The smallest absolute Gasteiger partial charge is 0.347 e. The third-order valence-corrected chi connectivity index (χ3v) is 6.60. The molecule has 1 atom stereocenters. The summed E-state index contributed by atoms with van der Waals surface area (Å²) in [6.45, 7) is 6.27. The molecule has 1 N–H and O–H groups in total. The second kappa shape index (κ2) is 11.9. The molecule has 0 aliphatic carbocycles. The summed E-state index contributed by atoms with van der Waals surface area (Å²) >= 11 is 0. The van der Waals surface area contributed by atoms with Crippen molar-refractivity contribution in [3.63, 3.8) is 0 Å². The quantitative estimate of drug-likeness (QED) is 0.400. The fourth-order valence-electron chi connectivity index (χ4n) is 4.17. The van der Waals surface area contributed by atoms with Gasteiger partial charge < -0.3 is 14.7 Å². The van der Waals surface area contributed by atoms with Crippen molar-refractivity contribution in [3.05, 3.63) is 86.6 Å². The molecule has 3 aromatic rings. The first-order valence-electron chi connectivity index (χ1n) is 12.5. The van der Waals surface area contributed by atoms with Crippen LogP contribution in [0.4, 0.5) is 5.82 Å². The average Bonchev–Trinajstić information content (AvgIpc) is 2.88. The number of carboxylic acids is 1. The first-order chi connectivity index (χ1) is 17.5. The highest BCUT2D eigenvalue weighted by atomic mass is 16.5. The van der Waals surface area contributed by atoms with Gasteiger partial charge in [0.1, 0.15) is 5.75 Å². The van der Waals surface area contributed by atoms with Crippen molar-refractivity contribution < 1.29 is 14.6 Å². The number of aryl methyl sites for hydroxylation is 1. The van der Waals surface area contributed by atoms with Gasteiger partial charge in [-0.3, -0.25) is 9.36 Å². The zero-order valence-corrected chi connectivity index (χ0v) is 22.2. The Kier molecular flexibility index (Phi) is 8.91.